The second kappa shape index (κ2) is 3.75. The van der Waals surface area contributed by atoms with Gasteiger partial charge in [-0.1, -0.05) is 6.42 Å². The van der Waals surface area contributed by atoms with E-state index in [2.05, 4.69) is 4.90 Å². The summed E-state index contributed by atoms with van der Waals surface area (Å²) < 4.78 is 0. The van der Waals surface area contributed by atoms with Gasteiger partial charge in [0.15, 0.2) is 0 Å². The van der Waals surface area contributed by atoms with E-state index in [1.54, 1.807) is 0 Å². The number of piperidine rings is 1. The second-order valence-electron chi connectivity index (χ2n) is 4.16. The lowest BCUT2D eigenvalue weighted by Crippen LogP contribution is -2.43. The summed E-state index contributed by atoms with van der Waals surface area (Å²) in [6.07, 6.45) is 7.51. The third kappa shape index (κ3) is 1.64. The highest BCUT2D eigenvalue weighted by molar-refractivity contribution is 4.86. The molecule has 0 aromatic carbocycles. The van der Waals surface area contributed by atoms with Crippen molar-refractivity contribution < 1.29 is 5.11 Å². The minimum absolute atomic E-state index is 0.0249. The second-order valence-corrected chi connectivity index (χ2v) is 4.16. The Morgan fingerprint density at radius 1 is 0.917 bits per heavy atom. The van der Waals surface area contributed by atoms with Crippen LogP contribution in [0.15, 0.2) is 0 Å². The first kappa shape index (κ1) is 8.52. The van der Waals surface area contributed by atoms with Crippen LogP contribution in [-0.2, 0) is 0 Å². The topological polar surface area (TPSA) is 23.5 Å². The number of aliphatic hydroxyl groups excluding tert-OH is 1. The average molecular weight is 169 g/mol. The molecule has 1 aliphatic carbocycles. The minimum Gasteiger partial charge on any atom is -0.391 e. The van der Waals surface area contributed by atoms with Crippen LogP contribution >= 0.6 is 0 Å². The molecule has 12 heavy (non-hydrogen) atoms. The van der Waals surface area contributed by atoms with Crippen molar-refractivity contribution in [2.45, 2.75) is 50.7 Å². The van der Waals surface area contributed by atoms with Crippen LogP contribution in [0.4, 0.5) is 0 Å². The standard InChI is InChI=1S/C10H19NO/c12-10-6-4-5-9(10)11-7-2-1-3-8-11/h9-10,12H,1-8H2/t9-,10-/m0/s1. The maximum atomic E-state index is 9.70. The lowest BCUT2D eigenvalue weighted by Gasteiger charge is -2.33. The molecule has 2 nitrogen and oxygen atoms in total. The van der Waals surface area contributed by atoms with Gasteiger partial charge in [0.05, 0.1) is 6.10 Å². The molecule has 0 spiro atoms. The molecule has 1 N–H and O–H groups in total. The zero-order chi connectivity index (χ0) is 8.39. The molecule has 0 unspecified atom stereocenters. The van der Waals surface area contributed by atoms with Gasteiger partial charge in [0.2, 0.25) is 0 Å². The fourth-order valence-corrected chi connectivity index (χ4v) is 2.60. The van der Waals surface area contributed by atoms with E-state index in [0.717, 1.165) is 6.42 Å². The van der Waals surface area contributed by atoms with E-state index >= 15 is 0 Å². The maximum Gasteiger partial charge on any atom is 0.0695 e. The summed E-state index contributed by atoms with van der Waals surface area (Å²) in [7, 11) is 0. The molecule has 2 aliphatic rings. The first-order chi connectivity index (χ1) is 5.88. The monoisotopic (exact) mass is 169 g/mol. The van der Waals surface area contributed by atoms with Crippen molar-refractivity contribution in [2.75, 3.05) is 13.1 Å². The van der Waals surface area contributed by atoms with E-state index in [4.69, 9.17) is 0 Å². The van der Waals surface area contributed by atoms with E-state index in [0.29, 0.717) is 6.04 Å². The van der Waals surface area contributed by atoms with Gasteiger partial charge in [0.1, 0.15) is 0 Å². The van der Waals surface area contributed by atoms with Crippen molar-refractivity contribution in [3.05, 3.63) is 0 Å². The van der Waals surface area contributed by atoms with Crippen LogP contribution in [0.1, 0.15) is 38.5 Å². The van der Waals surface area contributed by atoms with Crippen molar-refractivity contribution in [3.8, 4) is 0 Å². The van der Waals surface area contributed by atoms with Gasteiger partial charge < -0.3 is 5.11 Å². The Morgan fingerprint density at radius 2 is 1.67 bits per heavy atom. The number of hydrogen-bond donors (Lipinski definition) is 1. The highest BCUT2D eigenvalue weighted by atomic mass is 16.3. The number of hydrogen-bond acceptors (Lipinski definition) is 2. The van der Waals surface area contributed by atoms with Gasteiger partial charge in [-0.3, -0.25) is 4.90 Å². The molecule has 2 heteroatoms. The van der Waals surface area contributed by atoms with E-state index in [-0.39, 0.29) is 6.10 Å². The first-order valence-corrected chi connectivity index (χ1v) is 5.30. The van der Waals surface area contributed by atoms with Gasteiger partial charge in [-0.05, 0) is 45.2 Å². The van der Waals surface area contributed by atoms with Crippen LogP contribution in [0.3, 0.4) is 0 Å². The van der Waals surface area contributed by atoms with Crippen molar-refractivity contribution >= 4 is 0 Å². The quantitative estimate of drug-likeness (QED) is 0.641. The molecule has 2 rings (SSSR count). The molecule has 1 aliphatic heterocycles. The average Bonchev–Trinajstić information content (AvgIpc) is 2.53. The fourth-order valence-electron chi connectivity index (χ4n) is 2.60. The van der Waals surface area contributed by atoms with Crippen molar-refractivity contribution in [3.63, 3.8) is 0 Å². The molecule has 1 saturated carbocycles. The normalized spacial score (nSPS) is 38.8. The van der Waals surface area contributed by atoms with Gasteiger partial charge in [0, 0.05) is 6.04 Å². The first-order valence-electron chi connectivity index (χ1n) is 5.30. The Balaban J connectivity index is 1.89. The lowest BCUT2D eigenvalue weighted by molar-refractivity contribution is 0.0591. The zero-order valence-electron chi connectivity index (χ0n) is 7.71. The minimum atomic E-state index is -0.0249. The molecular formula is C10H19NO. The van der Waals surface area contributed by atoms with Gasteiger partial charge in [0.25, 0.3) is 0 Å². The van der Waals surface area contributed by atoms with Crippen molar-refractivity contribution in [2.24, 2.45) is 0 Å². The predicted octanol–water partition coefficient (Wildman–Crippen LogP) is 1.39. The molecule has 1 saturated heterocycles. The van der Waals surface area contributed by atoms with Crippen LogP contribution in [0.25, 0.3) is 0 Å². The summed E-state index contributed by atoms with van der Waals surface area (Å²) in [6.45, 7) is 2.45. The SMILES string of the molecule is O[C@H]1CCC[C@@H]1N1CCCCC1. The van der Waals surface area contributed by atoms with Gasteiger partial charge in [-0.15, -0.1) is 0 Å². The van der Waals surface area contributed by atoms with E-state index in [1.165, 1.54) is 45.2 Å². The molecular weight excluding hydrogens is 150 g/mol. The molecule has 2 fully saturated rings. The van der Waals surface area contributed by atoms with Crippen molar-refractivity contribution in [1.82, 2.24) is 4.90 Å². The Hall–Kier alpha value is -0.0800. The molecule has 0 aromatic heterocycles. The summed E-state index contributed by atoms with van der Waals surface area (Å²) in [4.78, 5) is 2.50. The van der Waals surface area contributed by atoms with Crippen LogP contribution in [0.5, 0.6) is 0 Å². The number of nitrogens with zero attached hydrogens (tertiary/aromatic N) is 1. The largest absolute Gasteiger partial charge is 0.391 e. The summed E-state index contributed by atoms with van der Waals surface area (Å²) in [5, 5.41) is 9.70. The van der Waals surface area contributed by atoms with E-state index in [9.17, 15) is 5.11 Å². The van der Waals surface area contributed by atoms with Gasteiger partial charge in [-0.25, -0.2) is 0 Å². The number of likely N-dealkylation sites (tertiary alicyclic amines) is 1. The molecule has 0 aromatic rings. The summed E-state index contributed by atoms with van der Waals surface area (Å²) in [6, 6.07) is 0.505. The number of rotatable bonds is 1. The highest BCUT2D eigenvalue weighted by Gasteiger charge is 2.30. The van der Waals surface area contributed by atoms with E-state index < -0.39 is 0 Å². The molecule has 2 atom stereocenters. The smallest absolute Gasteiger partial charge is 0.0695 e. The van der Waals surface area contributed by atoms with Crippen molar-refractivity contribution in [1.29, 1.82) is 0 Å². The van der Waals surface area contributed by atoms with Crippen LogP contribution in [0.2, 0.25) is 0 Å². The van der Waals surface area contributed by atoms with Crippen LogP contribution in [-0.4, -0.2) is 35.2 Å². The highest BCUT2D eigenvalue weighted by Crippen LogP contribution is 2.26. The van der Waals surface area contributed by atoms with E-state index in [1.807, 2.05) is 0 Å². The van der Waals surface area contributed by atoms with Gasteiger partial charge >= 0.3 is 0 Å². The molecule has 70 valence electrons. The van der Waals surface area contributed by atoms with Crippen LogP contribution < -0.4 is 0 Å². The third-order valence-corrected chi connectivity index (χ3v) is 3.30. The maximum absolute atomic E-state index is 9.70. The fraction of sp³-hybridized carbons (Fsp3) is 1.00. The summed E-state index contributed by atoms with van der Waals surface area (Å²) in [5.74, 6) is 0. The summed E-state index contributed by atoms with van der Waals surface area (Å²) >= 11 is 0. The van der Waals surface area contributed by atoms with Crippen LogP contribution in [0, 0.1) is 0 Å². The summed E-state index contributed by atoms with van der Waals surface area (Å²) in [5.41, 5.74) is 0. The molecule has 0 radical (unpaired) electrons. The lowest BCUT2D eigenvalue weighted by atomic mass is 10.1. The molecule has 0 amide bonds. The molecule has 1 heterocycles. The Morgan fingerprint density at radius 3 is 2.25 bits per heavy atom. The number of aliphatic hydroxyl groups is 1. The third-order valence-electron chi connectivity index (χ3n) is 3.30. The van der Waals surface area contributed by atoms with Gasteiger partial charge in [-0.2, -0.15) is 0 Å². The Labute approximate surface area is 74.6 Å². The Bertz CT molecular complexity index is 143. The zero-order valence-corrected chi connectivity index (χ0v) is 7.71. The Kier molecular flexibility index (Phi) is 2.66. The predicted molar refractivity (Wildman–Crippen MR) is 49.1 cm³/mol. The molecule has 0 bridgehead atoms.